The van der Waals surface area contributed by atoms with Crippen molar-refractivity contribution in [2.24, 2.45) is 5.73 Å². The number of hydrogen-bond acceptors (Lipinski definition) is 5. The van der Waals surface area contributed by atoms with Crippen LogP contribution in [0, 0.1) is 0 Å². The van der Waals surface area contributed by atoms with Crippen LogP contribution in [0.15, 0.2) is 58.5 Å². The quantitative estimate of drug-likeness (QED) is 0.533. The first kappa shape index (κ1) is 18.0. The van der Waals surface area contributed by atoms with Gasteiger partial charge in [-0.25, -0.2) is 4.98 Å². The summed E-state index contributed by atoms with van der Waals surface area (Å²) in [5.41, 5.74) is 6.33. The number of carbonyl (C=O) groups excluding carboxylic acids is 1. The fourth-order valence-electron chi connectivity index (χ4n) is 2.54. The molecule has 26 heavy (non-hydrogen) atoms. The van der Waals surface area contributed by atoms with Crippen LogP contribution in [0.5, 0.6) is 5.75 Å². The van der Waals surface area contributed by atoms with Crippen LogP contribution in [0.3, 0.4) is 0 Å². The molecule has 0 fully saturated rings. The topological polar surface area (TPSA) is 87.2 Å². The normalized spacial score (nSPS) is 12.1. The lowest BCUT2D eigenvalue weighted by molar-refractivity contribution is -0.117. The molecule has 0 aliphatic carbocycles. The van der Waals surface area contributed by atoms with Crippen molar-refractivity contribution in [3.63, 3.8) is 0 Å². The van der Waals surface area contributed by atoms with Crippen molar-refractivity contribution in [3.8, 4) is 11.4 Å². The number of hydrogen-bond donors (Lipinski definition) is 1. The van der Waals surface area contributed by atoms with Crippen molar-refractivity contribution in [1.82, 2.24) is 9.55 Å². The maximum atomic E-state index is 13.2. The van der Waals surface area contributed by atoms with Gasteiger partial charge in [0.1, 0.15) is 5.75 Å². The van der Waals surface area contributed by atoms with Gasteiger partial charge in [-0.3, -0.25) is 14.2 Å². The molecule has 0 aliphatic rings. The molecular formula is C19H19N3O3S. The highest BCUT2D eigenvalue weighted by atomic mass is 32.2. The van der Waals surface area contributed by atoms with E-state index in [9.17, 15) is 9.59 Å². The van der Waals surface area contributed by atoms with Gasteiger partial charge in [-0.2, -0.15) is 0 Å². The van der Waals surface area contributed by atoms with Crippen LogP contribution in [-0.2, 0) is 4.79 Å². The molecule has 2 N–H and O–H groups in total. The van der Waals surface area contributed by atoms with Crippen LogP contribution in [0.4, 0.5) is 0 Å². The summed E-state index contributed by atoms with van der Waals surface area (Å²) in [4.78, 5) is 29.3. The number of rotatable bonds is 6. The minimum absolute atomic E-state index is 0.220. The van der Waals surface area contributed by atoms with E-state index < -0.39 is 11.2 Å². The van der Waals surface area contributed by atoms with Gasteiger partial charge in [-0.1, -0.05) is 36.0 Å². The van der Waals surface area contributed by atoms with Crippen molar-refractivity contribution >= 4 is 28.6 Å². The number of fused-ring (bicyclic) bond motifs is 1. The Kier molecular flexibility index (Phi) is 5.27. The number of primary amides is 1. The van der Waals surface area contributed by atoms with Crippen molar-refractivity contribution < 1.29 is 9.53 Å². The Morgan fingerprint density at radius 1 is 1.23 bits per heavy atom. The van der Waals surface area contributed by atoms with Crippen LogP contribution in [0.25, 0.3) is 16.6 Å². The Bertz CT molecular complexity index is 1020. The fourth-order valence-corrected chi connectivity index (χ4v) is 3.41. The summed E-state index contributed by atoms with van der Waals surface area (Å²) in [5.74, 6) is 0.102. The molecule has 0 aliphatic heterocycles. The molecule has 6 nitrogen and oxygen atoms in total. The van der Waals surface area contributed by atoms with Gasteiger partial charge >= 0.3 is 0 Å². The number of aromatic nitrogens is 2. The second kappa shape index (κ2) is 7.61. The molecule has 1 aromatic heterocycles. The Balaban J connectivity index is 2.30. The molecule has 1 heterocycles. The van der Waals surface area contributed by atoms with Crippen LogP contribution < -0.4 is 16.0 Å². The van der Waals surface area contributed by atoms with Gasteiger partial charge in [0, 0.05) is 0 Å². The number of thioether (sulfide) groups is 1. The molecular weight excluding hydrogens is 350 g/mol. The third-order valence-corrected chi connectivity index (χ3v) is 4.90. The molecule has 0 spiro atoms. The lowest BCUT2D eigenvalue weighted by atomic mass is 10.2. The highest BCUT2D eigenvalue weighted by molar-refractivity contribution is 8.00. The van der Waals surface area contributed by atoms with Crippen molar-refractivity contribution in [2.45, 2.75) is 24.3 Å². The maximum absolute atomic E-state index is 13.2. The minimum Gasteiger partial charge on any atom is -0.492 e. The third kappa shape index (κ3) is 3.43. The smallest absolute Gasteiger partial charge is 0.266 e. The van der Waals surface area contributed by atoms with Gasteiger partial charge in [0.15, 0.2) is 5.16 Å². The summed E-state index contributed by atoms with van der Waals surface area (Å²) in [6.45, 7) is 4.03. The average molecular weight is 369 g/mol. The monoisotopic (exact) mass is 369 g/mol. The number of ether oxygens (including phenoxy) is 1. The van der Waals surface area contributed by atoms with Gasteiger partial charge < -0.3 is 10.5 Å². The summed E-state index contributed by atoms with van der Waals surface area (Å²) in [7, 11) is 0. The largest absolute Gasteiger partial charge is 0.492 e. The van der Waals surface area contributed by atoms with Crippen molar-refractivity contribution in [2.75, 3.05) is 6.61 Å². The third-order valence-electron chi connectivity index (χ3n) is 3.83. The van der Waals surface area contributed by atoms with Crippen LogP contribution in [0.1, 0.15) is 13.8 Å². The lowest BCUT2D eigenvalue weighted by Crippen LogP contribution is -2.26. The molecule has 2 aromatic carbocycles. The number of amides is 1. The van der Waals surface area contributed by atoms with E-state index in [4.69, 9.17) is 10.5 Å². The minimum atomic E-state index is -0.534. The molecule has 134 valence electrons. The van der Waals surface area contributed by atoms with Gasteiger partial charge in [0.25, 0.3) is 5.56 Å². The van der Waals surface area contributed by atoms with E-state index in [1.165, 1.54) is 4.57 Å². The van der Waals surface area contributed by atoms with E-state index in [0.29, 0.717) is 34.1 Å². The maximum Gasteiger partial charge on any atom is 0.266 e. The molecule has 0 bridgehead atoms. The first-order valence-corrected chi connectivity index (χ1v) is 9.11. The van der Waals surface area contributed by atoms with Crippen LogP contribution in [0.2, 0.25) is 0 Å². The Morgan fingerprint density at radius 2 is 1.92 bits per heavy atom. The van der Waals surface area contributed by atoms with Gasteiger partial charge in [0.05, 0.1) is 28.4 Å². The van der Waals surface area contributed by atoms with E-state index in [1.54, 1.807) is 37.3 Å². The average Bonchev–Trinajstić information content (AvgIpc) is 2.63. The molecule has 0 saturated carbocycles. The molecule has 0 unspecified atom stereocenters. The van der Waals surface area contributed by atoms with Crippen LogP contribution >= 0.6 is 11.8 Å². The van der Waals surface area contributed by atoms with E-state index >= 15 is 0 Å². The summed E-state index contributed by atoms with van der Waals surface area (Å²) >= 11 is 1.15. The second-order valence-electron chi connectivity index (χ2n) is 5.62. The number of nitrogens with zero attached hydrogens (tertiary/aromatic N) is 2. The highest BCUT2D eigenvalue weighted by Crippen LogP contribution is 2.29. The fraction of sp³-hybridized carbons (Fsp3) is 0.211. The van der Waals surface area contributed by atoms with Crippen molar-refractivity contribution in [1.29, 1.82) is 0 Å². The number of benzene rings is 2. The molecule has 1 atom stereocenters. The highest BCUT2D eigenvalue weighted by Gasteiger charge is 2.20. The molecule has 3 aromatic rings. The van der Waals surface area contributed by atoms with Gasteiger partial charge in [-0.05, 0) is 38.1 Å². The number of nitrogens with two attached hydrogens (primary N) is 1. The summed E-state index contributed by atoms with van der Waals surface area (Å²) in [5, 5.41) is 0.357. The lowest BCUT2D eigenvalue weighted by Gasteiger charge is -2.17. The number of carbonyl (C=O) groups is 1. The molecule has 7 heteroatoms. The zero-order valence-electron chi connectivity index (χ0n) is 14.5. The van der Waals surface area contributed by atoms with Crippen molar-refractivity contribution in [3.05, 3.63) is 58.9 Å². The first-order chi connectivity index (χ1) is 12.5. The standard InChI is InChI=1S/C19H19N3O3S/c1-3-25-16-11-7-6-10-15(16)22-18(24)13-8-4-5-9-14(13)21-19(22)26-12(2)17(20)23/h4-12H,3H2,1-2H3,(H2,20,23)/t12-/m1/s1. The SMILES string of the molecule is CCOc1ccccc1-n1c(S[C@H](C)C(N)=O)nc2ccccc2c1=O. The van der Waals surface area contributed by atoms with E-state index in [2.05, 4.69) is 4.98 Å². The summed E-state index contributed by atoms with van der Waals surface area (Å²) < 4.78 is 7.16. The second-order valence-corrected chi connectivity index (χ2v) is 6.92. The Labute approximate surface area is 155 Å². The summed E-state index contributed by atoms with van der Waals surface area (Å²) in [6.07, 6.45) is 0. The zero-order chi connectivity index (χ0) is 18.7. The first-order valence-electron chi connectivity index (χ1n) is 8.23. The van der Waals surface area contributed by atoms with E-state index in [-0.39, 0.29) is 5.56 Å². The molecule has 0 radical (unpaired) electrons. The Hall–Kier alpha value is -2.80. The summed E-state index contributed by atoms with van der Waals surface area (Å²) in [6, 6.07) is 14.4. The number of para-hydroxylation sites is 3. The predicted octanol–water partition coefficient (Wildman–Crippen LogP) is 2.75. The predicted molar refractivity (Wildman–Crippen MR) is 103 cm³/mol. The molecule has 0 saturated heterocycles. The van der Waals surface area contributed by atoms with E-state index in [0.717, 1.165) is 11.8 Å². The zero-order valence-corrected chi connectivity index (χ0v) is 15.3. The molecule has 1 amide bonds. The van der Waals surface area contributed by atoms with Crippen LogP contribution in [-0.4, -0.2) is 27.3 Å². The van der Waals surface area contributed by atoms with Gasteiger partial charge in [-0.15, -0.1) is 0 Å². The Morgan fingerprint density at radius 3 is 2.65 bits per heavy atom. The molecule has 3 rings (SSSR count). The van der Waals surface area contributed by atoms with Gasteiger partial charge in [0.2, 0.25) is 5.91 Å². The van der Waals surface area contributed by atoms with E-state index in [1.807, 2.05) is 25.1 Å².